The summed E-state index contributed by atoms with van der Waals surface area (Å²) in [5, 5.41) is 11.2. The van der Waals surface area contributed by atoms with Gasteiger partial charge in [-0.15, -0.1) is 0 Å². The number of nitrogens with zero attached hydrogens (tertiary/aromatic N) is 2. The first-order chi connectivity index (χ1) is 7.88. The number of hydrogen-bond acceptors (Lipinski definition) is 4. The minimum absolute atomic E-state index is 0.0530. The Balaban J connectivity index is 4.15. The van der Waals surface area contributed by atoms with E-state index in [-0.39, 0.29) is 6.61 Å². The Morgan fingerprint density at radius 3 is 2.29 bits per heavy atom. The van der Waals surface area contributed by atoms with Gasteiger partial charge in [-0.05, 0) is 14.1 Å². The molecule has 0 heterocycles. The standard InChI is InChI=1S/C10H21N3O4/c1-12(2)5-6-13(3)10(16)11-8(7-17-4)9(14)15/h8H,5-7H2,1-4H3,(H,11,16)(H,14,15). The molecule has 0 bridgehead atoms. The van der Waals surface area contributed by atoms with Crippen molar-refractivity contribution in [1.82, 2.24) is 15.1 Å². The van der Waals surface area contributed by atoms with Gasteiger partial charge in [0.2, 0.25) is 0 Å². The van der Waals surface area contributed by atoms with E-state index < -0.39 is 18.0 Å². The van der Waals surface area contributed by atoms with Gasteiger partial charge in [-0.3, -0.25) is 0 Å². The lowest BCUT2D eigenvalue weighted by Gasteiger charge is -2.22. The Kier molecular flexibility index (Phi) is 7.24. The monoisotopic (exact) mass is 247 g/mol. The quantitative estimate of drug-likeness (QED) is 0.621. The van der Waals surface area contributed by atoms with Gasteiger partial charge in [0.15, 0.2) is 6.04 Å². The van der Waals surface area contributed by atoms with E-state index in [9.17, 15) is 9.59 Å². The van der Waals surface area contributed by atoms with Crippen LogP contribution in [0.25, 0.3) is 0 Å². The third kappa shape index (κ3) is 6.75. The number of hydrogen-bond donors (Lipinski definition) is 2. The predicted molar refractivity (Wildman–Crippen MR) is 63.0 cm³/mol. The van der Waals surface area contributed by atoms with E-state index >= 15 is 0 Å². The molecule has 2 amide bonds. The maximum Gasteiger partial charge on any atom is 0.328 e. The molecule has 1 atom stereocenters. The number of amides is 2. The van der Waals surface area contributed by atoms with Crippen LogP contribution < -0.4 is 5.32 Å². The maximum atomic E-state index is 11.6. The molecule has 0 aromatic carbocycles. The first-order valence-electron chi connectivity index (χ1n) is 5.26. The van der Waals surface area contributed by atoms with E-state index in [1.807, 2.05) is 19.0 Å². The molecule has 7 heteroatoms. The second-order valence-corrected chi connectivity index (χ2v) is 4.02. The summed E-state index contributed by atoms with van der Waals surface area (Å²) in [6, 6.07) is -1.44. The molecule has 0 radical (unpaired) electrons. The number of urea groups is 1. The summed E-state index contributed by atoms with van der Waals surface area (Å²) in [5.74, 6) is -1.11. The van der Waals surface area contributed by atoms with Gasteiger partial charge in [0.25, 0.3) is 0 Å². The van der Waals surface area contributed by atoms with E-state index in [1.54, 1.807) is 7.05 Å². The summed E-state index contributed by atoms with van der Waals surface area (Å²) < 4.78 is 4.72. The van der Waals surface area contributed by atoms with E-state index in [1.165, 1.54) is 12.0 Å². The predicted octanol–water partition coefficient (Wildman–Crippen LogP) is -0.711. The van der Waals surface area contributed by atoms with Crippen molar-refractivity contribution in [3.8, 4) is 0 Å². The van der Waals surface area contributed by atoms with Crippen LogP contribution in [0.2, 0.25) is 0 Å². The van der Waals surface area contributed by atoms with Crippen molar-refractivity contribution in [3.05, 3.63) is 0 Å². The minimum Gasteiger partial charge on any atom is -0.480 e. The van der Waals surface area contributed by atoms with Crippen molar-refractivity contribution < 1.29 is 19.4 Å². The summed E-state index contributed by atoms with van der Waals surface area (Å²) in [6.07, 6.45) is 0. The van der Waals surface area contributed by atoms with Crippen molar-refractivity contribution in [2.45, 2.75) is 6.04 Å². The number of carboxylic acid groups (broad SMARTS) is 1. The Morgan fingerprint density at radius 1 is 1.29 bits per heavy atom. The first-order valence-corrected chi connectivity index (χ1v) is 5.26. The van der Waals surface area contributed by atoms with Gasteiger partial charge >= 0.3 is 12.0 Å². The highest BCUT2D eigenvalue weighted by Gasteiger charge is 2.21. The molecule has 0 aliphatic rings. The molecule has 0 aliphatic carbocycles. The second-order valence-electron chi connectivity index (χ2n) is 4.02. The number of rotatable bonds is 7. The van der Waals surface area contributed by atoms with Crippen LogP contribution in [-0.4, -0.2) is 80.9 Å². The zero-order valence-electron chi connectivity index (χ0n) is 10.8. The topological polar surface area (TPSA) is 82.1 Å². The zero-order chi connectivity index (χ0) is 13.4. The van der Waals surface area contributed by atoms with E-state index in [2.05, 4.69) is 5.32 Å². The Hall–Kier alpha value is -1.34. The van der Waals surface area contributed by atoms with E-state index in [0.717, 1.165) is 0 Å². The van der Waals surface area contributed by atoms with Gasteiger partial charge in [0.05, 0.1) is 6.61 Å². The lowest BCUT2D eigenvalue weighted by atomic mass is 10.3. The average molecular weight is 247 g/mol. The molecule has 0 aromatic rings. The molecular formula is C10H21N3O4. The first kappa shape index (κ1) is 15.7. The summed E-state index contributed by atoms with van der Waals surface area (Å²) in [4.78, 5) is 25.8. The highest BCUT2D eigenvalue weighted by Crippen LogP contribution is 1.91. The SMILES string of the molecule is COCC(NC(=O)N(C)CCN(C)C)C(=O)O. The number of carboxylic acids is 1. The van der Waals surface area contributed by atoms with Crippen LogP contribution in [0.5, 0.6) is 0 Å². The fraction of sp³-hybridized carbons (Fsp3) is 0.800. The van der Waals surface area contributed by atoms with Crippen molar-refractivity contribution in [2.75, 3.05) is 47.9 Å². The molecule has 2 N–H and O–H groups in total. The molecule has 0 aromatic heterocycles. The molecule has 0 rings (SSSR count). The number of carbonyl (C=O) groups is 2. The number of methoxy groups -OCH3 is 1. The molecule has 7 nitrogen and oxygen atoms in total. The number of ether oxygens (including phenoxy) is 1. The third-order valence-electron chi connectivity index (χ3n) is 2.16. The Morgan fingerprint density at radius 2 is 1.88 bits per heavy atom. The summed E-state index contributed by atoms with van der Waals surface area (Å²) in [6.45, 7) is 1.19. The molecule has 17 heavy (non-hydrogen) atoms. The highest BCUT2D eigenvalue weighted by atomic mass is 16.5. The van der Waals surface area contributed by atoms with Gasteiger partial charge < -0.3 is 25.0 Å². The van der Waals surface area contributed by atoms with Crippen molar-refractivity contribution >= 4 is 12.0 Å². The maximum absolute atomic E-state index is 11.6. The number of carbonyl (C=O) groups excluding carboxylic acids is 1. The molecule has 0 saturated heterocycles. The lowest BCUT2D eigenvalue weighted by molar-refractivity contribution is -0.140. The number of nitrogens with one attached hydrogen (secondary N) is 1. The van der Waals surface area contributed by atoms with Gasteiger partial charge in [0.1, 0.15) is 0 Å². The molecule has 1 unspecified atom stereocenters. The lowest BCUT2D eigenvalue weighted by Crippen LogP contribution is -2.49. The summed E-state index contributed by atoms with van der Waals surface area (Å²) >= 11 is 0. The number of aliphatic carboxylic acids is 1. The smallest absolute Gasteiger partial charge is 0.328 e. The zero-order valence-corrected chi connectivity index (χ0v) is 10.8. The summed E-state index contributed by atoms with van der Waals surface area (Å²) in [7, 11) is 6.80. The van der Waals surface area contributed by atoms with Gasteiger partial charge in [0, 0.05) is 27.2 Å². The molecule has 0 fully saturated rings. The minimum atomic E-state index is -1.11. The normalized spacial score (nSPS) is 12.3. The molecule has 0 spiro atoms. The van der Waals surface area contributed by atoms with Crippen LogP contribution in [-0.2, 0) is 9.53 Å². The van der Waals surface area contributed by atoms with Crippen LogP contribution in [0.1, 0.15) is 0 Å². The van der Waals surface area contributed by atoms with Crippen molar-refractivity contribution in [3.63, 3.8) is 0 Å². The largest absolute Gasteiger partial charge is 0.480 e. The fourth-order valence-corrected chi connectivity index (χ4v) is 1.05. The van der Waals surface area contributed by atoms with Gasteiger partial charge in [-0.25, -0.2) is 9.59 Å². The molecule has 0 saturated carbocycles. The highest BCUT2D eigenvalue weighted by molar-refractivity contribution is 5.82. The van der Waals surface area contributed by atoms with E-state index in [4.69, 9.17) is 9.84 Å². The van der Waals surface area contributed by atoms with Gasteiger partial charge in [-0.1, -0.05) is 0 Å². The van der Waals surface area contributed by atoms with Crippen LogP contribution >= 0.6 is 0 Å². The average Bonchev–Trinajstić information content (AvgIpc) is 2.24. The van der Waals surface area contributed by atoms with Crippen molar-refractivity contribution in [2.24, 2.45) is 0 Å². The van der Waals surface area contributed by atoms with E-state index in [0.29, 0.717) is 13.1 Å². The Bertz CT molecular complexity index is 258. The van der Waals surface area contributed by atoms with Crippen LogP contribution in [0.4, 0.5) is 4.79 Å². The Labute approximate surface area is 101 Å². The van der Waals surface area contributed by atoms with Gasteiger partial charge in [-0.2, -0.15) is 0 Å². The van der Waals surface area contributed by atoms with Crippen LogP contribution in [0.15, 0.2) is 0 Å². The van der Waals surface area contributed by atoms with Crippen molar-refractivity contribution in [1.29, 1.82) is 0 Å². The summed E-state index contributed by atoms with van der Waals surface area (Å²) in [5.41, 5.74) is 0. The van der Waals surface area contributed by atoms with Crippen LogP contribution in [0, 0.1) is 0 Å². The molecule has 100 valence electrons. The molecular weight excluding hydrogens is 226 g/mol. The molecule has 0 aliphatic heterocycles. The third-order valence-corrected chi connectivity index (χ3v) is 2.16. The fourth-order valence-electron chi connectivity index (χ4n) is 1.05. The van der Waals surface area contributed by atoms with Crippen LogP contribution in [0.3, 0.4) is 0 Å². The number of likely N-dealkylation sites (N-methyl/N-ethyl adjacent to an activating group) is 2. The second kappa shape index (κ2) is 7.86.